The van der Waals surface area contributed by atoms with Crippen molar-refractivity contribution in [2.75, 3.05) is 14.2 Å². The van der Waals surface area contributed by atoms with Gasteiger partial charge in [-0.25, -0.2) is 0 Å². The van der Waals surface area contributed by atoms with E-state index in [1.54, 1.807) is 14.2 Å². The molecule has 0 heterocycles. The minimum absolute atomic E-state index is 0.510. The Morgan fingerprint density at radius 3 is 2.06 bits per heavy atom. The van der Waals surface area contributed by atoms with E-state index in [4.69, 9.17) is 9.47 Å². The molecule has 0 amide bonds. The van der Waals surface area contributed by atoms with Crippen molar-refractivity contribution in [3.63, 3.8) is 0 Å². The molecule has 0 saturated heterocycles. The monoisotopic (exact) mass is 222 g/mol. The first kappa shape index (κ1) is 12.6. The van der Waals surface area contributed by atoms with Crippen LogP contribution < -0.4 is 9.47 Å². The van der Waals surface area contributed by atoms with Gasteiger partial charge in [-0.2, -0.15) is 0 Å². The molecule has 0 atom stereocenters. The minimum Gasteiger partial charge on any atom is -0.493 e. The summed E-state index contributed by atoms with van der Waals surface area (Å²) in [6, 6.07) is 3.75. The molecule has 0 aromatic heterocycles. The maximum atomic E-state index is 11.1. The maximum absolute atomic E-state index is 11.1. The lowest BCUT2D eigenvalue weighted by atomic mass is 9.83. The van der Waals surface area contributed by atoms with E-state index in [0.717, 1.165) is 17.4 Å². The van der Waals surface area contributed by atoms with E-state index in [-0.39, 0.29) is 0 Å². The number of carbonyl (C=O) groups is 1. The molecule has 1 rings (SSSR count). The third-order valence-electron chi connectivity index (χ3n) is 2.72. The molecule has 0 aliphatic carbocycles. The van der Waals surface area contributed by atoms with Gasteiger partial charge in [-0.3, -0.25) is 0 Å². The van der Waals surface area contributed by atoms with Crippen LogP contribution >= 0.6 is 0 Å². The molecule has 0 aliphatic rings. The molecule has 88 valence electrons. The Morgan fingerprint density at radius 1 is 1.12 bits per heavy atom. The van der Waals surface area contributed by atoms with Gasteiger partial charge in [-0.1, -0.05) is 0 Å². The van der Waals surface area contributed by atoms with Gasteiger partial charge in [0, 0.05) is 5.41 Å². The van der Waals surface area contributed by atoms with Crippen molar-refractivity contribution in [1.29, 1.82) is 0 Å². The predicted octanol–water partition coefficient (Wildman–Crippen LogP) is 2.49. The van der Waals surface area contributed by atoms with Crippen LogP contribution in [0.15, 0.2) is 12.1 Å². The topological polar surface area (TPSA) is 35.5 Å². The third-order valence-corrected chi connectivity index (χ3v) is 2.72. The normalized spacial score (nSPS) is 11.1. The fourth-order valence-corrected chi connectivity index (χ4v) is 1.74. The molecule has 1 aromatic rings. The number of aryl methyl sites for hydroxylation is 1. The smallest absolute Gasteiger partial charge is 0.161 e. The number of hydrogen-bond donors (Lipinski definition) is 0. The van der Waals surface area contributed by atoms with Gasteiger partial charge >= 0.3 is 0 Å². The van der Waals surface area contributed by atoms with E-state index in [1.165, 1.54) is 0 Å². The number of hydrogen-bond acceptors (Lipinski definition) is 3. The van der Waals surface area contributed by atoms with E-state index in [9.17, 15) is 4.79 Å². The van der Waals surface area contributed by atoms with Crippen LogP contribution in [0.25, 0.3) is 0 Å². The minimum atomic E-state index is -0.510. The first-order valence-electron chi connectivity index (χ1n) is 5.15. The van der Waals surface area contributed by atoms with Crippen molar-refractivity contribution < 1.29 is 14.3 Å². The molecule has 0 aliphatic heterocycles. The average molecular weight is 222 g/mol. The summed E-state index contributed by atoms with van der Waals surface area (Å²) < 4.78 is 10.4. The Morgan fingerprint density at radius 2 is 1.62 bits per heavy atom. The van der Waals surface area contributed by atoms with Crippen LogP contribution in [0.2, 0.25) is 0 Å². The van der Waals surface area contributed by atoms with E-state index in [0.29, 0.717) is 11.5 Å². The Balaban J connectivity index is 3.37. The van der Waals surface area contributed by atoms with Crippen LogP contribution in [-0.4, -0.2) is 20.5 Å². The van der Waals surface area contributed by atoms with E-state index >= 15 is 0 Å². The molecule has 1 aromatic carbocycles. The summed E-state index contributed by atoms with van der Waals surface area (Å²) >= 11 is 0. The first-order chi connectivity index (χ1) is 7.46. The molecular weight excluding hydrogens is 204 g/mol. The molecule has 0 fully saturated rings. The zero-order valence-electron chi connectivity index (χ0n) is 10.5. The van der Waals surface area contributed by atoms with Crippen LogP contribution in [0.3, 0.4) is 0 Å². The molecule has 0 saturated carbocycles. The van der Waals surface area contributed by atoms with Crippen LogP contribution in [0.1, 0.15) is 25.0 Å². The average Bonchev–Trinajstić information content (AvgIpc) is 2.28. The lowest BCUT2D eigenvalue weighted by molar-refractivity contribution is -0.111. The van der Waals surface area contributed by atoms with E-state index in [1.807, 2.05) is 32.9 Å². The molecular formula is C13H18O3. The van der Waals surface area contributed by atoms with Gasteiger partial charge in [0.05, 0.1) is 14.2 Å². The summed E-state index contributed by atoms with van der Waals surface area (Å²) in [4.78, 5) is 11.1. The Bertz CT molecular complexity index is 394. The largest absolute Gasteiger partial charge is 0.493 e. The highest BCUT2D eigenvalue weighted by Gasteiger charge is 2.23. The standard InChI is InChI=1S/C13H18O3/c1-9-6-11(15-4)12(16-5)7-10(9)13(2,3)8-14/h6-8H,1-5H3. The zero-order valence-corrected chi connectivity index (χ0v) is 10.5. The van der Waals surface area contributed by atoms with Crippen molar-refractivity contribution in [3.8, 4) is 11.5 Å². The van der Waals surface area contributed by atoms with E-state index < -0.39 is 5.41 Å². The third kappa shape index (κ3) is 2.18. The van der Waals surface area contributed by atoms with Crippen LogP contribution in [0.4, 0.5) is 0 Å². The quantitative estimate of drug-likeness (QED) is 0.734. The predicted molar refractivity (Wildman–Crippen MR) is 63.4 cm³/mol. The van der Waals surface area contributed by atoms with Gasteiger partial charge in [-0.15, -0.1) is 0 Å². The highest BCUT2D eigenvalue weighted by atomic mass is 16.5. The van der Waals surface area contributed by atoms with Crippen molar-refractivity contribution in [1.82, 2.24) is 0 Å². The van der Waals surface area contributed by atoms with Crippen molar-refractivity contribution >= 4 is 6.29 Å². The highest BCUT2D eigenvalue weighted by Crippen LogP contribution is 2.35. The summed E-state index contributed by atoms with van der Waals surface area (Å²) in [5.41, 5.74) is 1.47. The number of rotatable bonds is 4. The van der Waals surface area contributed by atoms with Gasteiger partial charge < -0.3 is 14.3 Å². The summed E-state index contributed by atoms with van der Waals surface area (Å²) in [7, 11) is 3.19. The van der Waals surface area contributed by atoms with Crippen molar-refractivity contribution in [2.24, 2.45) is 0 Å². The van der Waals surface area contributed by atoms with Crippen molar-refractivity contribution in [2.45, 2.75) is 26.2 Å². The van der Waals surface area contributed by atoms with Crippen LogP contribution in [0.5, 0.6) is 11.5 Å². The first-order valence-corrected chi connectivity index (χ1v) is 5.15. The molecule has 0 radical (unpaired) electrons. The van der Waals surface area contributed by atoms with Gasteiger partial charge in [0.2, 0.25) is 0 Å². The number of benzene rings is 1. The van der Waals surface area contributed by atoms with Crippen molar-refractivity contribution in [3.05, 3.63) is 23.3 Å². The van der Waals surface area contributed by atoms with Gasteiger partial charge in [0.1, 0.15) is 6.29 Å². The second-order valence-corrected chi connectivity index (χ2v) is 4.36. The van der Waals surface area contributed by atoms with E-state index in [2.05, 4.69) is 0 Å². The van der Waals surface area contributed by atoms with Gasteiger partial charge in [0.25, 0.3) is 0 Å². The molecule has 3 nitrogen and oxygen atoms in total. The lowest BCUT2D eigenvalue weighted by Gasteiger charge is -2.22. The molecule has 16 heavy (non-hydrogen) atoms. The number of aldehydes is 1. The summed E-state index contributed by atoms with van der Waals surface area (Å²) in [5.74, 6) is 1.34. The van der Waals surface area contributed by atoms with Crippen LogP contribution in [0, 0.1) is 6.92 Å². The van der Waals surface area contributed by atoms with Gasteiger partial charge in [-0.05, 0) is 44.0 Å². The lowest BCUT2D eigenvalue weighted by Crippen LogP contribution is -2.20. The Kier molecular flexibility index (Phi) is 3.58. The zero-order chi connectivity index (χ0) is 12.3. The number of methoxy groups -OCH3 is 2. The van der Waals surface area contributed by atoms with Gasteiger partial charge in [0.15, 0.2) is 11.5 Å². The SMILES string of the molecule is COc1cc(C)c(C(C)(C)C=O)cc1OC. The summed E-state index contributed by atoms with van der Waals surface area (Å²) in [6.07, 6.45) is 0.946. The maximum Gasteiger partial charge on any atom is 0.161 e. The molecule has 0 bridgehead atoms. The molecule has 0 unspecified atom stereocenters. The fourth-order valence-electron chi connectivity index (χ4n) is 1.74. The molecule has 0 N–H and O–H groups in total. The highest BCUT2D eigenvalue weighted by molar-refractivity contribution is 5.69. The Labute approximate surface area is 96.4 Å². The fraction of sp³-hybridized carbons (Fsp3) is 0.462. The summed E-state index contributed by atoms with van der Waals surface area (Å²) in [6.45, 7) is 5.73. The molecule has 3 heteroatoms. The number of ether oxygens (including phenoxy) is 2. The summed E-state index contributed by atoms with van der Waals surface area (Å²) in [5, 5.41) is 0. The number of carbonyl (C=O) groups excluding carboxylic acids is 1. The second-order valence-electron chi connectivity index (χ2n) is 4.36. The Hall–Kier alpha value is -1.51. The van der Waals surface area contributed by atoms with Crippen LogP contribution in [-0.2, 0) is 10.2 Å². The molecule has 0 spiro atoms. The second kappa shape index (κ2) is 4.56.